The molecule has 0 radical (unpaired) electrons. The number of rotatable bonds is 4. The molecule has 0 heterocycles. The van der Waals surface area contributed by atoms with Crippen LogP contribution in [0.1, 0.15) is 12.8 Å². The SMILES string of the molecule is CN(C)S(=O)(=O)c1ccc(NC2CC(O)C2)cc1. The summed E-state index contributed by atoms with van der Waals surface area (Å²) in [5, 5.41) is 12.4. The molecule has 2 N–H and O–H groups in total. The second-order valence-electron chi connectivity index (χ2n) is 4.78. The molecule has 1 fully saturated rings. The molecule has 100 valence electrons. The normalized spacial score (nSPS) is 23.8. The van der Waals surface area contributed by atoms with Gasteiger partial charge in [0, 0.05) is 25.8 Å². The van der Waals surface area contributed by atoms with Crippen LogP contribution in [0.25, 0.3) is 0 Å². The molecule has 0 aliphatic heterocycles. The zero-order valence-electron chi connectivity index (χ0n) is 10.5. The second kappa shape index (κ2) is 4.87. The van der Waals surface area contributed by atoms with Gasteiger partial charge in [0.1, 0.15) is 0 Å². The fraction of sp³-hybridized carbons (Fsp3) is 0.500. The minimum atomic E-state index is -3.36. The van der Waals surface area contributed by atoms with E-state index in [4.69, 9.17) is 0 Å². The molecule has 0 spiro atoms. The molecule has 1 aromatic rings. The summed E-state index contributed by atoms with van der Waals surface area (Å²) in [5.41, 5.74) is 0.879. The zero-order valence-corrected chi connectivity index (χ0v) is 11.3. The van der Waals surface area contributed by atoms with Crippen molar-refractivity contribution in [2.24, 2.45) is 0 Å². The summed E-state index contributed by atoms with van der Waals surface area (Å²) in [5.74, 6) is 0. The molecule has 0 saturated heterocycles. The van der Waals surface area contributed by atoms with E-state index in [0.29, 0.717) is 0 Å². The molecule has 0 unspecified atom stereocenters. The van der Waals surface area contributed by atoms with Crippen LogP contribution in [-0.4, -0.2) is 44.1 Å². The van der Waals surface area contributed by atoms with E-state index < -0.39 is 10.0 Å². The first kappa shape index (κ1) is 13.3. The number of nitrogens with one attached hydrogen (secondary N) is 1. The van der Waals surface area contributed by atoms with Crippen LogP contribution < -0.4 is 5.32 Å². The zero-order chi connectivity index (χ0) is 13.3. The van der Waals surface area contributed by atoms with E-state index in [-0.39, 0.29) is 17.0 Å². The standard InChI is InChI=1S/C12H18N2O3S/c1-14(2)18(16,17)12-5-3-9(4-6-12)13-10-7-11(15)8-10/h3-6,10-11,13,15H,7-8H2,1-2H3. The Morgan fingerprint density at radius 1 is 1.22 bits per heavy atom. The number of aliphatic hydroxyl groups is 1. The number of nitrogens with zero attached hydrogens (tertiary/aromatic N) is 1. The van der Waals surface area contributed by atoms with Crippen LogP contribution in [0.5, 0.6) is 0 Å². The number of sulfonamides is 1. The first-order chi connectivity index (χ1) is 8.39. The monoisotopic (exact) mass is 270 g/mol. The summed E-state index contributed by atoms with van der Waals surface area (Å²) in [6.45, 7) is 0. The molecule has 2 rings (SSSR count). The van der Waals surface area contributed by atoms with E-state index in [2.05, 4.69) is 5.32 Å². The highest BCUT2D eigenvalue weighted by atomic mass is 32.2. The van der Waals surface area contributed by atoms with E-state index in [1.807, 2.05) is 0 Å². The van der Waals surface area contributed by atoms with Crippen molar-refractivity contribution in [1.29, 1.82) is 0 Å². The first-order valence-corrected chi connectivity index (χ1v) is 7.31. The number of anilines is 1. The Bertz CT molecular complexity index is 505. The molecule has 18 heavy (non-hydrogen) atoms. The van der Waals surface area contributed by atoms with Crippen molar-refractivity contribution in [2.75, 3.05) is 19.4 Å². The smallest absolute Gasteiger partial charge is 0.242 e. The highest BCUT2D eigenvalue weighted by molar-refractivity contribution is 7.89. The van der Waals surface area contributed by atoms with Gasteiger partial charge in [-0.15, -0.1) is 0 Å². The van der Waals surface area contributed by atoms with E-state index in [0.717, 1.165) is 18.5 Å². The number of benzene rings is 1. The third-order valence-corrected chi connectivity index (χ3v) is 4.95. The van der Waals surface area contributed by atoms with E-state index in [9.17, 15) is 13.5 Å². The van der Waals surface area contributed by atoms with Gasteiger partial charge in [-0.25, -0.2) is 12.7 Å². The van der Waals surface area contributed by atoms with E-state index in [1.54, 1.807) is 24.3 Å². The van der Waals surface area contributed by atoms with Crippen LogP contribution in [0.15, 0.2) is 29.2 Å². The van der Waals surface area contributed by atoms with Crippen molar-refractivity contribution in [1.82, 2.24) is 4.31 Å². The lowest BCUT2D eigenvalue weighted by Gasteiger charge is -2.32. The van der Waals surface area contributed by atoms with Crippen molar-refractivity contribution < 1.29 is 13.5 Å². The van der Waals surface area contributed by atoms with Gasteiger partial charge in [-0.05, 0) is 37.1 Å². The third-order valence-electron chi connectivity index (χ3n) is 3.12. The summed E-state index contributed by atoms with van der Waals surface area (Å²) in [6.07, 6.45) is 1.30. The molecule has 1 aromatic carbocycles. The Balaban J connectivity index is 2.06. The largest absolute Gasteiger partial charge is 0.393 e. The predicted molar refractivity (Wildman–Crippen MR) is 70.0 cm³/mol. The van der Waals surface area contributed by atoms with Gasteiger partial charge in [-0.3, -0.25) is 0 Å². The van der Waals surface area contributed by atoms with Gasteiger partial charge in [-0.2, -0.15) is 0 Å². The first-order valence-electron chi connectivity index (χ1n) is 5.87. The van der Waals surface area contributed by atoms with Gasteiger partial charge in [0.25, 0.3) is 0 Å². The second-order valence-corrected chi connectivity index (χ2v) is 6.93. The van der Waals surface area contributed by atoms with Crippen molar-refractivity contribution in [3.05, 3.63) is 24.3 Å². The van der Waals surface area contributed by atoms with Crippen molar-refractivity contribution in [3.63, 3.8) is 0 Å². The Morgan fingerprint density at radius 2 is 1.78 bits per heavy atom. The third kappa shape index (κ3) is 2.66. The lowest BCUT2D eigenvalue weighted by atomic mass is 9.89. The summed E-state index contributed by atoms with van der Waals surface area (Å²) < 4.78 is 24.9. The van der Waals surface area contributed by atoms with Crippen LogP contribution in [0.2, 0.25) is 0 Å². The summed E-state index contributed by atoms with van der Waals surface area (Å²) in [7, 11) is -0.335. The van der Waals surface area contributed by atoms with Gasteiger partial charge in [0.2, 0.25) is 10.0 Å². The molecule has 5 nitrogen and oxygen atoms in total. The van der Waals surface area contributed by atoms with Crippen LogP contribution in [-0.2, 0) is 10.0 Å². The van der Waals surface area contributed by atoms with Crippen molar-refractivity contribution in [2.45, 2.75) is 29.9 Å². The fourth-order valence-electron chi connectivity index (χ4n) is 1.88. The predicted octanol–water partition coefficient (Wildman–Crippen LogP) is 0.872. The molecule has 1 aliphatic rings. The van der Waals surface area contributed by atoms with Crippen LogP contribution in [0.4, 0.5) is 5.69 Å². The molecule has 1 saturated carbocycles. The van der Waals surface area contributed by atoms with E-state index >= 15 is 0 Å². The maximum Gasteiger partial charge on any atom is 0.242 e. The Hall–Kier alpha value is -1.11. The quantitative estimate of drug-likeness (QED) is 0.852. The average Bonchev–Trinajstić information content (AvgIpc) is 2.27. The maximum atomic E-state index is 11.8. The molecule has 6 heteroatoms. The maximum absolute atomic E-state index is 11.8. The summed E-state index contributed by atoms with van der Waals surface area (Å²) in [6, 6.07) is 6.97. The minimum Gasteiger partial charge on any atom is -0.393 e. The average molecular weight is 270 g/mol. The molecule has 0 aromatic heterocycles. The molecule has 0 amide bonds. The topological polar surface area (TPSA) is 69.6 Å². The van der Waals surface area contributed by atoms with Gasteiger partial charge < -0.3 is 10.4 Å². The van der Waals surface area contributed by atoms with E-state index in [1.165, 1.54) is 18.4 Å². The van der Waals surface area contributed by atoms with Gasteiger partial charge in [-0.1, -0.05) is 0 Å². The van der Waals surface area contributed by atoms with Crippen LogP contribution in [0.3, 0.4) is 0 Å². The Morgan fingerprint density at radius 3 is 2.22 bits per heavy atom. The summed E-state index contributed by atoms with van der Waals surface area (Å²) >= 11 is 0. The molecule has 0 atom stereocenters. The molecular weight excluding hydrogens is 252 g/mol. The Kier molecular flexibility index (Phi) is 3.61. The van der Waals surface area contributed by atoms with Gasteiger partial charge >= 0.3 is 0 Å². The minimum absolute atomic E-state index is 0.198. The van der Waals surface area contributed by atoms with Crippen molar-refractivity contribution >= 4 is 15.7 Å². The van der Waals surface area contributed by atoms with Crippen molar-refractivity contribution in [3.8, 4) is 0 Å². The lowest BCUT2D eigenvalue weighted by Crippen LogP contribution is -2.38. The molecule has 0 bridgehead atoms. The highest BCUT2D eigenvalue weighted by Gasteiger charge is 2.26. The summed E-state index contributed by atoms with van der Waals surface area (Å²) in [4.78, 5) is 0.284. The highest BCUT2D eigenvalue weighted by Crippen LogP contribution is 2.24. The lowest BCUT2D eigenvalue weighted by molar-refractivity contribution is 0.0836. The Labute approximate surface area is 107 Å². The number of hydrogen-bond donors (Lipinski definition) is 2. The van der Waals surface area contributed by atoms with Crippen LogP contribution in [0, 0.1) is 0 Å². The van der Waals surface area contributed by atoms with Gasteiger partial charge in [0.05, 0.1) is 11.0 Å². The number of hydrogen-bond acceptors (Lipinski definition) is 4. The van der Waals surface area contributed by atoms with Crippen LogP contribution >= 0.6 is 0 Å². The molecular formula is C12H18N2O3S. The molecule has 1 aliphatic carbocycles. The number of aliphatic hydroxyl groups excluding tert-OH is 1. The van der Waals surface area contributed by atoms with Gasteiger partial charge in [0.15, 0.2) is 0 Å². The fourth-order valence-corrected chi connectivity index (χ4v) is 2.78.